The van der Waals surface area contributed by atoms with Crippen molar-refractivity contribution in [1.29, 1.82) is 5.26 Å². The summed E-state index contributed by atoms with van der Waals surface area (Å²) in [6.07, 6.45) is 0.753. The number of carbonyl (C=O) groups is 2. The summed E-state index contributed by atoms with van der Waals surface area (Å²) < 4.78 is 5.20. The summed E-state index contributed by atoms with van der Waals surface area (Å²) >= 11 is 0. The second-order valence-electron chi connectivity index (χ2n) is 5.01. The van der Waals surface area contributed by atoms with Crippen LogP contribution >= 0.6 is 0 Å². The van der Waals surface area contributed by atoms with Crippen LogP contribution in [0.2, 0.25) is 0 Å². The standard InChI is InChI=1S/C14H23N3O3/c1-4-17(5-2)12(18)11(3)16-13(19)14(10-15)6-8-20-9-7-14/h11H,4-9H2,1-3H3,(H,16,19). The van der Waals surface area contributed by atoms with Crippen molar-refractivity contribution in [2.75, 3.05) is 26.3 Å². The van der Waals surface area contributed by atoms with Crippen LogP contribution in [0, 0.1) is 16.7 Å². The SMILES string of the molecule is CCN(CC)C(=O)C(C)NC(=O)C1(C#N)CCOCC1. The van der Waals surface area contributed by atoms with Crippen LogP contribution in [-0.4, -0.2) is 49.1 Å². The average Bonchev–Trinajstić information content (AvgIpc) is 2.48. The van der Waals surface area contributed by atoms with Crippen LogP contribution in [0.1, 0.15) is 33.6 Å². The van der Waals surface area contributed by atoms with Crippen LogP contribution in [0.15, 0.2) is 0 Å². The highest BCUT2D eigenvalue weighted by Gasteiger charge is 2.41. The molecule has 0 aromatic rings. The van der Waals surface area contributed by atoms with Crippen LogP contribution < -0.4 is 5.32 Å². The fraction of sp³-hybridized carbons (Fsp3) is 0.786. The van der Waals surface area contributed by atoms with E-state index in [4.69, 9.17) is 4.74 Å². The van der Waals surface area contributed by atoms with E-state index in [2.05, 4.69) is 11.4 Å². The normalized spacial score (nSPS) is 18.7. The predicted octanol–water partition coefficient (Wildman–Crippen LogP) is 0.680. The zero-order chi connectivity index (χ0) is 15.2. The summed E-state index contributed by atoms with van der Waals surface area (Å²) in [6.45, 7) is 7.46. The van der Waals surface area contributed by atoms with Crippen LogP contribution in [0.3, 0.4) is 0 Å². The van der Waals surface area contributed by atoms with E-state index in [0.717, 1.165) is 0 Å². The van der Waals surface area contributed by atoms with E-state index in [-0.39, 0.29) is 11.8 Å². The number of hydrogen-bond acceptors (Lipinski definition) is 4. The third kappa shape index (κ3) is 3.48. The summed E-state index contributed by atoms with van der Waals surface area (Å²) in [6, 6.07) is 1.49. The molecule has 6 heteroatoms. The Morgan fingerprint density at radius 1 is 1.35 bits per heavy atom. The average molecular weight is 281 g/mol. The van der Waals surface area contributed by atoms with E-state index >= 15 is 0 Å². The Balaban J connectivity index is 2.69. The third-order valence-corrected chi connectivity index (χ3v) is 3.79. The quantitative estimate of drug-likeness (QED) is 0.803. The van der Waals surface area contributed by atoms with Gasteiger partial charge in [0.2, 0.25) is 11.8 Å². The largest absolute Gasteiger partial charge is 0.381 e. The molecule has 1 rings (SSSR count). The lowest BCUT2D eigenvalue weighted by Crippen LogP contribution is -2.52. The number of hydrogen-bond donors (Lipinski definition) is 1. The van der Waals surface area contributed by atoms with E-state index in [0.29, 0.717) is 39.1 Å². The molecule has 112 valence electrons. The van der Waals surface area contributed by atoms with Gasteiger partial charge in [0, 0.05) is 26.3 Å². The summed E-state index contributed by atoms with van der Waals surface area (Å²) in [5, 5.41) is 12.0. The third-order valence-electron chi connectivity index (χ3n) is 3.79. The van der Waals surface area contributed by atoms with Gasteiger partial charge in [-0.1, -0.05) is 0 Å². The first-order valence-corrected chi connectivity index (χ1v) is 7.09. The van der Waals surface area contributed by atoms with Crippen LogP contribution in [0.5, 0.6) is 0 Å². The number of nitrogens with one attached hydrogen (secondary N) is 1. The van der Waals surface area contributed by atoms with Crippen LogP contribution in [-0.2, 0) is 14.3 Å². The summed E-state index contributed by atoms with van der Waals surface area (Å²) in [5.41, 5.74) is -1.06. The van der Waals surface area contributed by atoms with Gasteiger partial charge in [-0.15, -0.1) is 0 Å². The molecule has 0 aromatic heterocycles. The van der Waals surface area contributed by atoms with Crippen molar-refractivity contribution < 1.29 is 14.3 Å². The number of rotatable bonds is 5. The molecule has 1 fully saturated rings. The Morgan fingerprint density at radius 3 is 2.35 bits per heavy atom. The predicted molar refractivity (Wildman–Crippen MR) is 73.6 cm³/mol. The van der Waals surface area contributed by atoms with Gasteiger partial charge in [0.25, 0.3) is 0 Å². The van der Waals surface area contributed by atoms with Gasteiger partial charge in [-0.3, -0.25) is 9.59 Å². The van der Waals surface area contributed by atoms with Crippen LogP contribution in [0.4, 0.5) is 0 Å². The van der Waals surface area contributed by atoms with Crippen LogP contribution in [0.25, 0.3) is 0 Å². The first-order valence-electron chi connectivity index (χ1n) is 7.09. The molecule has 0 aromatic carbocycles. The molecule has 0 aliphatic carbocycles. The highest BCUT2D eigenvalue weighted by Crippen LogP contribution is 2.30. The molecule has 1 atom stereocenters. The Morgan fingerprint density at radius 2 is 1.90 bits per heavy atom. The monoisotopic (exact) mass is 281 g/mol. The van der Waals surface area contributed by atoms with Crippen molar-refractivity contribution in [2.24, 2.45) is 5.41 Å². The summed E-state index contributed by atoms with van der Waals surface area (Å²) in [4.78, 5) is 26.1. The first kappa shape index (κ1) is 16.4. The minimum atomic E-state index is -1.06. The van der Waals surface area contributed by atoms with Crippen molar-refractivity contribution in [3.05, 3.63) is 0 Å². The minimum absolute atomic E-state index is 0.122. The van der Waals surface area contributed by atoms with Crippen molar-refractivity contribution >= 4 is 11.8 Å². The molecule has 1 aliphatic heterocycles. The molecule has 1 saturated heterocycles. The highest BCUT2D eigenvalue weighted by molar-refractivity contribution is 5.91. The van der Waals surface area contributed by atoms with E-state index in [1.165, 1.54) is 0 Å². The lowest BCUT2D eigenvalue weighted by atomic mass is 9.80. The fourth-order valence-corrected chi connectivity index (χ4v) is 2.32. The van der Waals surface area contributed by atoms with Gasteiger partial charge >= 0.3 is 0 Å². The molecule has 1 aliphatic rings. The molecule has 0 spiro atoms. The lowest BCUT2D eigenvalue weighted by molar-refractivity contribution is -0.139. The van der Waals surface area contributed by atoms with E-state index in [9.17, 15) is 14.9 Å². The van der Waals surface area contributed by atoms with Crippen molar-refractivity contribution in [3.63, 3.8) is 0 Å². The Kier molecular flexibility index (Phi) is 5.96. The molecule has 0 bridgehead atoms. The Labute approximate surface area is 120 Å². The molecule has 6 nitrogen and oxygen atoms in total. The zero-order valence-corrected chi connectivity index (χ0v) is 12.4. The van der Waals surface area contributed by atoms with Gasteiger partial charge in [-0.25, -0.2) is 0 Å². The summed E-state index contributed by atoms with van der Waals surface area (Å²) in [7, 11) is 0. The Bertz CT molecular complexity index is 393. The van der Waals surface area contributed by atoms with E-state index in [1.807, 2.05) is 13.8 Å². The number of nitrogens with zero attached hydrogens (tertiary/aromatic N) is 2. The molecule has 0 radical (unpaired) electrons. The van der Waals surface area contributed by atoms with Gasteiger partial charge < -0.3 is 15.0 Å². The number of ether oxygens (including phenoxy) is 1. The minimum Gasteiger partial charge on any atom is -0.381 e. The molecule has 1 unspecified atom stereocenters. The van der Waals surface area contributed by atoms with Crippen molar-refractivity contribution in [1.82, 2.24) is 10.2 Å². The van der Waals surface area contributed by atoms with E-state index in [1.54, 1.807) is 11.8 Å². The number of nitriles is 1. The van der Waals surface area contributed by atoms with Crippen molar-refractivity contribution in [2.45, 2.75) is 39.7 Å². The maximum absolute atomic E-state index is 12.3. The summed E-state index contributed by atoms with van der Waals surface area (Å²) in [5.74, 6) is -0.486. The Hall–Kier alpha value is -1.61. The van der Waals surface area contributed by atoms with Gasteiger partial charge in [0.15, 0.2) is 0 Å². The number of amides is 2. The maximum atomic E-state index is 12.3. The van der Waals surface area contributed by atoms with Crippen molar-refractivity contribution in [3.8, 4) is 6.07 Å². The molecule has 2 amide bonds. The molecular formula is C14H23N3O3. The molecule has 1 N–H and O–H groups in total. The van der Waals surface area contributed by atoms with Gasteiger partial charge in [0.05, 0.1) is 6.07 Å². The van der Waals surface area contributed by atoms with Gasteiger partial charge in [-0.05, 0) is 33.6 Å². The fourth-order valence-electron chi connectivity index (χ4n) is 2.32. The molecular weight excluding hydrogens is 258 g/mol. The molecule has 0 saturated carbocycles. The second kappa shape index (κ2) is 7.25. The zero-order valence-electron chi connectivity index (χ0n) is 12.4. The van der Waals surface area contributed by atoms with Gasteiger partial charge in [0.1, 0.15) is 11.5 Å². The van der Waals surface area contributed by atoms with Gasteiger partial charge in [-0.2, -0.15) is 5.26 Å². The first-order chi connectivity index (χ1) is 9.50. The molecule has 1 heterocycles. The molecule has 20 heavy (non-hydrogen) atoms. The topological polar surface area (TPSA) is 82.4 Å². The smallest absolute Gasteiger partial charge is 0.244 e. The maximum Gasteiger partial charge on any atom is 0.244 e. The second-order valence-corrected chi connectivity index (χ2v) is 5.01. The van der Waals surface area contributed by atoms with E-state index < -0.39 is 11.5 Å². The number of likely N-dealkylation sites (N-methyl/N-ethyl adjacent to an activating group) is 1. The lowest BCUT2D eigenvalue weighted by Gasteiger charge is -2.31. The highest BCUT2D eigenvalue weighted by atomic mass is 16.5. The number of carbonyl (C=O) groups excluding carboxylic acids is 2.